The molecule has 0 aromatic heterocycles. The van der Waals surface area contributed by atoms with E-state index < -0.39 is 5.54 Å². The van der Waals surface area contributed by atoms with Gasteiger partial charge in [0.1, 0.15) is 5.54 Å². The quantitative estimate of drug-likeness (QED) is 0.490. The topological polar surface area (TPSA) is 61.5 Å². The number of ether oxygens (including phenoxy) is 2. The zero-order valence-electron chi connectivity index (χ0n) is 12.5. The lowest BCUT2D eigenvalue weighted by Crippen LogP contribution is -2.46. The number of nitrogens with two attached hydrogens (primary N) is 1. The molecule has 1 unspecified atom stereocenters. The van der Waals surface area contributed by atoms with Crippen LogP contribution in [0.2, 0.25) is 0 Å². The number of carbonyl (C=O) groups is 1. The minimum absolute atomic E-state index is 0.305. The van der Waals surface area contributed by atoms with Gasteiger partial charge in [-0.2, -0.15) is 0 Å². The molecule has 0 aromatic rings. The SMILES string of the molecule is CCOC(=O)C(C)(N)CCCCOCCC1CCC1. The molecule has 4 nitrogen and oxygen atoms in total. The fourth-order valence-electron chi connectivity index (χ4n) is 2.23. The number of rotatable bonds is 10. The van der Waals surface area contributed by atoms with Crippen molar-refractivity contribution in [2.45, 2.75) is 64.3 Å². The highest BCUT2D eigenvalue weighted by Crippen LogP contribution is 2.29. The van der Waals surface area contributed by atoms with E-state index in [0.717, 1.165) is 32.0 Å². The summed E-state index contributed by atoms with van der Waals surface area (Å²) in [5.41, 5.74) is 5.08. The highest BCUT2D eigenvalue weighted by atomic mass is 16.5. The minimum Gasteiger partial charge on any atom is -0.465 e. The van der Waals surface area contributed by atoms with Gasteiger partial charge in [0.25, 0.3) is 0 Å². The molecular formula is C15H29NO3. The lowest BCUT2D eigenvalue weighted by molar-refractivity contribution is -0.149. The Balaban J connectivity index is 1.95. The van der Waals surface area contributed by atoms with Crippen LogP contribution in [0.15, 0.2) is 0 Å². The van der Waals surface area contributed by atoms with Crippen LogP contribution in [0.5, 0.6) is 0 Å². The number of unbranched alkanes of at least 4 members (excludes halogenated alkanes) is 1. The Hall–Kier alpha value is -0.610. The van der Waals surface area contributed by atoms with E-state index in [-0.39, 0.29) is 5.97 Å². The van der Waals surface area contributed by atoms with Gasteiger partial charge in [-0.3, -0.25) is 4.79 Å². The van der Waals surface area contributed by atoms with Crippen molar-refractivity contribution >= 4 is 5.97 Å². The van der Waals surface area contributed by atoms with Crippen molar-refractivity contribution in [3.8, 4) is 0 Å². The van der Waals surface area contributed by atoms with Crippen LogP contribution >= 0.6 is 0 Å². The maximum Gasteiger partial charge on any atom is 0.325 e. The summed E-state index contributed by atoms with van der Waals surface area (Å²) in [6, 6.07) is 0. The summed E-state index contributed by atoms with van der Waals surface area (Å²) in [4.78, 5) is 11.6. The molecule has 112 valence electrons. The maximum atomic E-state index is 11.6. The molecule has 0 radical (unpaired) electrons. The lowest BCUT2D eigenvalue weighted by atomic mass is 9.83. The second kappa shape index (κ2) is 8.54. The summed E-state index contributed by atoms with van der Waals surface area (Å²) in [5, 5.41) is 0. The molecule has 1 fully saturated rings. The Morgan fingerprint density at radius 3 is 2.63 bits per heavy atom. The average Bonchev–Trinajstić information content (AvgIpc) is 2.30. The van der Waals surface area contributed by atoms with E-state index >= 15 is 0 Å². The lowest BCUT2D eigenvalue weighted by Gasteiger charge is -2.25. The molecule has 1 rings (SSSR count). The predicted molar refractivity (Wildman–Crippen MR) is 75.9 cm³/mol. The highest BCUT2D eigenvalue weighted by molar-refractivity contribution is 5.79. The summed E-state index contributed by atoms with van der Waals surface area (Å²) in [6.45, 7) is 5.57. The highest BCUT2D eigenvalue weighted by Gasteiger charge is 2.28. The van der Waals surface area contributed by atoms with Crippen molar-refractivity contribution in [1.82, 2.24) is 0 Å². The van der Waals surface area contributed by atoms with Crippen LogP contribution in [0.25, 0.3) is 0 Å². The molecule has 19 heavy (non-hydrogen) atoms. The Labute approximate surface area is 117 Å². The summed E-state index contributed by atoms with van der Waals surface area (Å²) in [7, 11) is 0. The number of esters is 1. The first-order valence-corrected chi connectivity index (χ1v) is 7.60. The van der Waals surface area contributed by atoms with Crippen LogP contribution in [-0.4, -0.2) is 31.3 Å². The van der Waals surface area contributed by atoms with E-state index in [9.17, 15) is 4.79 Å². The van der Waals surface area contributed by atoms with Crippen LogP contribution in [-0.2, 0) is 14.3 Å². The number of hydrogen-bond acceptors (Lipinski definition) is 4. The van der Waals surface area contributed by atoms with E-state index in [4.69, 9.17) is 15.2 Å². The predicted octanol–water partition coefficient (Wildman–Crippen LogP) is 2.64. The molecule has 0 aromatic carbocycles. The van der Waals surface area contributed by atoms with Gasteiger partial charge in [-0.1, -0.05) is 19.3 Å². The van der Waals surface area contributed by atoms with E-state index in [1.54, 1.807) is 13.8 Å². The normalized spacial score (nSPS) is 18.7. The van der Waals surface area contributed by atoms with Crippen LogP contribution in [0.4, 0.5) is 0 Å². The molecule has 0 amide bonds. The van der Waals surface area contributed by atoms with Crippen molar-refractivity contribution in [2.24, 2.45) is 11.7 Å². The molecule has 1 saturated carbocycles. The molecule has 1 aliphatic carbocycles. The molecular weight excluding hydrogens is 242 g/mol. The molecule has 2 N–H and O–H groups in total. The van der Waals surface area contributed by atoms with Gasteiger partial charge >= 0.3 is 5.97 Å². The van der Waals surface area contributed by atoms with Gasteiger partial charge in [0.05, 0.1) is 6.61 Å². The van der Waals surface area contributed by atoms with Crippen molar-refractivity contribution in [2.75, 3.05) is 19.8 Å². The first-order valence-electron chi connectivity index (χ1n) is 7.60. The third-order valence-electron chi connectivity index (χ3n) is 3.87. The fraction of sp³-hybridized carbons (Fsp3) is 0.933. The third kappa shape index (κ3) is 6.39. The Morgan fingerprint density at radius 1 is 1.32 bits per heavy atom. The summed E-state index contributed by atoms with van der Waals surface area (Å²) >= 11 is 0. The molecule has 0 heterocycles. The van der Waals surface area contributed by atoms with Crippen LogP contribution in [0.3, 0.4) is 0 Å². The Morgan fingerprint density at radius 2 is 2.05 bits per heavy atom. The molecule has 0 saturated heterocycles. The van der Waals surface area contributed by atoms with Gasteiger partial charge in [-0.15, -0.1) is 0 Å². The molecule has 0 aliphatic heterocycles. The van der Waals surface area contributed by atoms with E-state index in [0.29, 0.717) is 13.0 Å². The van der Waals surface area contributed by atoms with Crippen LogP contribution in [0.1, 0.15) is 58.8 Å². The maximum absolute atomic E-state index is 11.6. The van der Waals surface area contributed by atoms with Gasteiger partial charge in [-0.25, -0.2) is 0 Å². The second-order valence-corrected chi connectivity index (χ2v) is 5.79. The largest absolute Gasteiger partial charge is 0.465 e. The first-order chi connectivity index (χ1) is 9.06. The standard InChI is InChI=1S/C15H29NO3/c1-3-19-14(17)15(2,16)10-4-5-11-18-12-9-13-7-6-8-13/h13H,3-12,16H2,1-2H3. The van der Waals surface area contributed by atoms with Crippen molar-refractivity contribution in [3.05, 3.63) is 0 Å². The zero-order valence-corrected chi connectivity index (χ0v) is 12.5. The van der Waals surface area contributed by atoms with E-state index in [1.807, 2.05) is 0 Å². The zero-order chi connectivity index (χ0) is 14.1. The fourth-order valence-corrected chi connectivity index (χ4v) is 2.23. The Bertz CT molecular complexity index is 262. The van der Waals surface area contributed by atoms with Gasteiger partial charge in [0.2, 0.25) is 0 Å². The van der Waals surface area contributed by atoms with Crippen molar-refractivity contribution in [3.63, 3.8) is 0 Å². The van der Waals surface area contributed by atoms with E-state index in [2.05, 4.69) is 0 Å². The molecule has 0 spiro atoms. The smallest absolute Gasteiger partial charge is 0.325 e. The van der Waals surface area contributed by atoms with Gasteiger partial charge in [-0.05, 0) is 45.4 Å². The minimum atomic E-state index is -0.859. The summed E-state index contributed by atoms with van der Waals surface area (Å²) in [5.74, 6) is 0.608. The van der Waals surface area contributed by atoms with Gasteiger partial charge in [0, 0.05) is 13.2 Å². The van der Waals surface area contributed by atoms with Crippen molar-refractivity contribution in [1.29, 1.82) is 0 Å². The summed E-state index contributed by atoms with van der Waals surface area (Å²) in [6.07, 6.45) is 7.87. The monoisotopic (exact) mass is 271 g/mol. The number of hydrogen-bond donors (Lipinski definition) is 1. The molecule has 4 heteroatoms. The molecule has 0 bridgehead atoms. The third-order valence-corrected chi connectivity index (χ3v) is 3.87. The van der Waals surface area contributed by atoms with Crippen LogP contribution < -0.4 is 5.73 Å². The molecule has 1 atom stereocenters. The molecule has 1 aliphatic rings. The van der Waals surface area contributed by atoms with Crippen LogP contribution in [0, 0.1) is 5.92 Å². The summed E-state index contributed by atoms with van der Waals surface area (Å²) < 4.78 is 10.6. The average molecular weight is 271 g/mol. The van der Waals surface area contributed by atoms with E-state index in [1.165, 1.54) is 25.7 Å². The Kier molecular flexibility index (Phi) is 7.39. The second-order valence-electron chi connectivity index (χ2n) is 5.79. The van der Waals surface area contributed by atoms with Gasteiger partial charge in [0.15, 0.2) is 0 Å². The first kappa shape index (κ1) is 16.4. The number of carbonyl (C=O) groups excluding carboxylic acids is 1. The van der Waals surface area contributed by atoms with Crippen molar-refractivity contribution < 1.29 is 14.3 Å². The van der Waals surface area contributed by atoms with Gasteiger partial charge < -0.3 is 15.2 Å².